The summed E-state index contributed by atoms with van der Waals surface area (Å²) in [6.07, 6.45) is 0.119. The van der Waals surface area contributed by atoms with Crippen molar-refractivity contribution < 1.29 is 9.59 Å². The molecule has 0 aliphatic heterocycles. The first-order chi connectivity index (χ1) is 9.83. The first-order valence-corrected chi connectivity index (χ1v) is 7.18. The number of carbonyl (C=O) groups is 2. The van der Waals surface area contributed by atoms with Crippen LogP contribution in [0.1, 0.15) is 56.1 Å². The zero-order chi connectivity index (χ0) is 16.0. The van der Waals surface area contributed by atoms with Crippen LogP contribution in [-0.2, 0) is 4.79 Å². The van der Waals surface area contributed by atoms with Gasteiger partial charge in [-0.2, -0.15) is 0 Å². The number of hydrogen-bond acceptors (Lipinski definition) is 4. The maximum atomic E-state index is 12.2. The molecule has 1 aromatic heterocycles. The summed E-state index contributed by atoms with van der Waals surface area (Å²) >= 11 is 0. The van der Waals surface area contributed by atoms with E-state index in [0.717, 1.165) is 12.2 Å². The van der Waals surface area contributed by atoms with E-state index >= 15 is 0 Å². The third kappa shape index (κ3) is 5.41. The van der Waals surface area contributed by atoms with E-state index in [0.29, 0.717) is 11.4 Å². The van der Waals surface area contributed by atoms with Gasteiger partial charge in [-0.15, -0.1) is 0 Å². The quantitative estimate of drug-likeness (QED) is 0.711. The Hall–Kier alpha value is -2.11. The summed E-state index contributed by atoms with van der Waals surface area (Å²) in [7, 11) is 0. The lowest BCUT2D eigenvalue weighted by Crippen LogP contribution is -2.35. The first-order valence-electron chi connectivity index (χ1n) is 7.18. The lowest BCUT2D eigenvalue weighted by Gasteiger charge is -2.15. The van der Waals surface area contributed by atoms with Gasteiger partial charge < -0.3 is 16.4 Å². The Bertz CT molecular complexity index is 514. The van der Waals surface area contributed by atoms with Crippen LogP contribution < -0.4 is 16.4 Å². The second kappa shape index (κ2) is 7.61. The molecule has 116 valence electrons. The normalized spacial score (nSPS) is 12.0. The topological polar surface area (TPSA) is 97.1 Å². The lowest BCUT2D eigenvalue weighted by atomic mass is 10.1. The summed E-state index contributed by atoms with van der Waals surface area (Å²) in [4.78, 5) is 27.6. The Morgan fingerprint density at radius 2 is 1.95 bits per heavy atom. The van der Waals surface area contributed by atoms with E-state index in [1.54, 1.807) is 19.1 Å². The molecule has 0 radical (unpaired) electrons. The first kappa shape index (κ1) is 16.9. The van der Waals surface area contributed by atoms with Crippen molar-refractivity contribution in [1.82, 2.24) is 10.3 Å². The van der Waals surface area contributed by atoms with E-state index in [1.165, 1.54) is 0 Å². The zero-order valence-electron chi connectivity index (χ0n) is 13.1. The van der Waals surface area contributed by atoms with Crippen molar-refractivity contribution in [3.63, 3.8) is 0 Å². The van der Waals surface area contributed by atoms with E-state index < -0.39 is 5.91 Å². The van der Waals surface area contributed by atoms with Gasteiger partial charge in [0.1, 0.15) is 5.82 Å². The van der Waals surface area contributed by atoms with E-state index in [9.17, 15) is 9.59 Å². The molecule has 1 aromatic rings. The highest BCUT2D eigenvalue weighted by atomic mass is 16.2. The molecule has 0 aliphatic rings. The standard InChI is InChI=1S/C15H24N4O2/c1-5-17-14-8-11(7-12(19-14)9(2)3)15(21)18-10(4)6-13(16)20/h7-10H,5-6H2,1-4H3,(H2,16,20)(H,17,19)(H,18,21). The molecule has 1 unspecified atom stereocenters. The second-order valence-electron chi connectivity index (χ2n) is 5.40. The van der Waals surface area contributed by atoms with Gasteiger partial charge in [-0.1, -0.05) is 13.8 Å². The Morgan fingerprint density at radius 3 is 2.48 bits per heavy atom. The summed E-state index contributed by atoms with van der Waals surface area (Å²) in [6.45, 7) is 8.50. The predicted octanol–water partition coefficient (Wildman–Crippen LogP) is 1.63. The number of amides is 2. The van der Waals surface area contributed by atoms with Crippen molar-refractivity contribution >= 4 is 17.6 Å². The summed E-state index contributed by atoms with van der Waals surface area (Å²) in [5, 5.41) is 5.89. The predicted molar refractivity (Wildman–Crippen MR) is 83.2 cm³/mol. The van der Waals surface area contributed by atoms with Crippen LogP contribution in [0.3, 0.4) is 0 Å². The van der Waals surface area contributed by atoms with Crippen molar-refractivity contribution in [2.24, 2.45) is 5.73 Å². The SMILES string of the molecule is CCNc1cc(C(=O)NC(C)CC(N)=O)cc(C(C)C)n1. The summed E-state index contributed by atoms with van der Waals surface area (Å²) in [5.74, 6) is 0.232. The number of pyridine rings is 1. The molecule has 2 amide bonds. The largest absolute Gasteiger partial charge is 0.370 e. The highest BCUT2D eigenvalue weighted by Crippen LogP contribution is 2.17. The van der Waals surface area contributed by atoms with Crippen molar-refractivity contribution in [2.45, 2.75) is 46.1 Å². The van der Waals surface area contributed by atoms with Crippen molar-refractivity contribution in [2.75, 3.05) is 11.9 Å². The highest BCUT2D eigenvalue weighted by Gasteiger charge is 2.15. The molecule has 0 aromatic carbocycles. The number of primary amides is 1. The van der Waals surface area contributed by atoms with Crippen LogP contribution in [-0.4, -0.2) is 29.4 Å². The number of hydrogen-bond donors (Lipinski definition) is 3. The minimum absolute atomic E-state index is 0.119. The molecule has 0 fully saturated rings. The number of aromatic nitrogens is 1. The molecule has 0 bridgehead atoms. The van der Waals surface area contributed by atoms with Gasteiger partial charge in [0.2, 0.25) is 5.91 Å². The zero-order valence-corrected chi connectivity index (χ0v) is 13.1. The number of nitrogens with one attached hydrogen (secondary N) is 2. The molecule has 0 saturated heterocycles. The molecule has 6 heteroatoms. The van der Waals surface area contributed by atoms with Crippen molar-refractivity contribution in [1.29, 1.82) is 0 Å². The van der Waals surface area contributed by atoms with E-state index in [2.05, 4.69) is 15.6 Å². The van der Waals surface area contributed by atoms with Crippen molar-refractivity contribution in [3.8, 4) is 0 Å². The summed E-state index contributed by atoms with van der Waals surface area (Å²) < 4.78 is 0. The number of carbonyl (C=O) groups excluding carboxylic acids is 2. The Morgan fingerprint density at radius 1 is 1.29 bits per heavy atom. The molecule has 4 N–H and O–H groups in total. The Labute approximate surface area is 125 Å². The number of rotatable bonds is 7. The average molecular weight is 292 g/mol. The molecule has 0 spiro atoms. The van der Waals surface area contributed by atoms with Gasteiger partial charge in [0.15, 0.2) is 0 Å². The van der Waals surface area contributed by atoms with Crippen LogP contribution in [0.5, 0.6) is 0 Å². The molecule has 0 saturated carbocycles. The molecular formula is C15H24N4O2. The van der Waals surface area contributed by atoms with E-state index in [4.69, 9.17) is 5.73 Å². The monoisotopic (exact) mass is 292 g/mol. The second-order valence-corrected chi connectivity index (χ2v) is 5.40. The summed E-state index contributed by atoms with van der Waals surface area (Å²) in [6, 6.07) is 3.19. The molecular weight excluding hydrogens is 268 g/mol. The smallest absolute Gasteiger partial charge is 0.251 e. The molecule has 6 nitrogen and oxygen atoms in total. The van der Waals surface area contributed by atoms with Gasteiger partial charge in [-0.05, 0) is 31.9 Å². The van der Waals surface area contributed by atoms with Gasteiger partial charge >= 0.3 is 0 Å². The fourth-order valence-corrected chi connectivity index (χ4v) is 1.91. The van der Waals surface area contributed by atoms with Crippen molar-refractivity contribution in [3.05, 3.63) is 23.4 Å². The molecule has 1 heterocycles. The molecule has 1 atom stereocenters. The van der Waals surface area contributed by atoms with Crippen LogP contribution >= 0.6 is 0 Å². The van der Waals surface area contributed by atoms with Crippen LogP contribution in [0.25, 0.3) is 0 Å². The fraction of sp³-hybridized carbons (Fsp3) is 0.533. The third-order valence-corrected chi connectivity index (χ3v) is 2.94. The van der Waals surface area contributed by atoms with Crippen LogP contribution in [0.2, 0.25) is 0 Å². The minimum Gasteiger partial charge on any atom is -0.370 e. The number of nitrogens with zero attached hydrogens (tertiary/aromatic N) is 1. The van der Waals surface area contributed by atoms with Gasteiger partial charge in [-0.3, -0.25) is 9.59 Å². The third-order valence-electron chi connectivity index (χ3n) is 2.94. The van der Waals surface area contributed by atoms with Gasteiger partial charge in [-0.25, -0.2) is 4.98 Å². The van der Waals surface area contributed by atoms with Gasteiger partial charge in [0, 0.05) is 30.3 Å². The molecule has 1 rings (SSSR count). The van der Waals surface area contributed by atoms with E-state index in [-0.39, 0.29) is 24.3 Å². The maximum absolute atomic E-state index is 12.2. The van der Waals surface area contributed by atoms with Crippen LogP contribution in [0, 0.1) is 0 Å². The Balaban J connectivity index is 2.94. The highest BCUT2D eigenvalue weighted by molar-refractivity contribution is 5.95. The fourth-order valence-electron chi connectivity index (χ4n) is 1.91. The minimum atomic E-state index is -0.436. The number of anilines is 1. The van der Waals surface area contributed by atoms with Crippen LogP contribution in [0.15, 0.2) is 12.1 Å². The molecule has 21 heavy (non-hydrogen) atoms. The molecule has 0 aliphatic carbocycles. The number of nitrogens with two attached hydrogens (primary N) is 1. The van der Waals surface area contributed by atoms with Crippen LogP contribution in [0.4, 0.5) is 5.82 Å². The van der Waals surface area contributed by atoms with Gasteiger partial charge in [0.25, 0.3) is 5.91 Å². The average Bonchev–Trinajstić information content (AvgIpc) is 2.37. The maximum Gasteiger partial charge on any atom is 0.251 e. The van der Waals surface area contributed by atoms with E-state index in [1.807, 2.05) is 20.8 Å². The van der Waals surface area contributed by atoms with Gasteiger partial charge in [0.05, 0.1) is 0 Å². The summed E-state index contributed by atoms with van der Waals surface area (Å²) in [5.41, 5.74) is 6.50. The lowest BCUT2D eigenvalue weighted by molar-refractivity contribution is -0.118. The Kier molecular flexibility index (Phi) is 6.14.